The minimum atomic E-state index is -3.69. The minimum absolute atomic E-state index is 0.155. The van der Waals surface area contributed by atoms with Crippen molar-refractivity contribution in [3.05, 3.63) is 39.3 Å². The number of nitrogens with one attached hydrogen (secondary N) is 1. The van der Waals surface area contributed by atoms with Gasteiger partial charge < -0.3 is 5.73 Å². The number of hydrogen-bond acceptors (Lipinski definition) is 5. The first-order valence-corrected chi connectivity index (χ1v) is 8.88. The van der Waals surface area contributed by atoms with Gasteiger partial charge in [-0.25, -0.2) is 18.1 Å². The normalized spacial score (nSPS) is 13.3. The number of hydrogen-bond donors (Lipinski definition) is 2. The number of aryl methyl sites for hydroxylation is 3. The molecule has 0 aliphatic heterocycles. The third kappa shape index (κ3) is 3.25. The highest BCUT2D eigenvalue weighted by Crippen LogP contribution is 2.28. The van der Waals surface area contributed by atoms with E-state index in [1.54, 1.807) is 26.8 Å². The van der Waals surface area contributed by atoms with Gasteiger partial charge in [0, 0.05) is 11.1 Å². The van der Waals surface area contributed by atoms with Gasteiger partial charge in [-0.1, -0.05) is 12.1 Å². The highest BCUT2D eigenvalue weighted by atomic mass is 32.2. The maximum Gasteiger partial charge on any atom is 0.243 e. The molecular weight excluding hydrogens is 306 g/mol. The van der Waals surface area contributed by atoms with Gasteiger partial charge in [-0.3, -0.25) is 0 Å². The van der Waals surface area contributed by atoms with Gasteiger partial charge in [-0.15, -0.1) is 11.3 Å². The molecule has 1 heterocycles. The lowest BCUT2D eigenvalue weighted by Crippen LogP contribution is -2.28. The molecule has 1 aromatic carbocycles. The summed E-state index contributed by atoms with van der Waals surface area (Å²) in [5.41, 5.74) is 8.52. The molecule has 21 heavy (non-hydrogen) atoms. The first kappa shape index (κ1) is 15.9. The molecule has 0 spiro atoms. The Labute approximate surface area is 129 Å². The van der Waals surface area contributed by atoms with E-state index in [0.29, 0.717) is 11.3 Å². The van der Waals surface area contributed by atoms with Crippen molar-refractivity contribution < 1.29 is 8.42 Å². The van der Waals surface area contributed by atoms with E-state index in [9.17, 15) is 8.42 Å². The summed E-state index contributed by atoms with van der Waals surface area (Å²) in [6.07, 6.45) is 0. The summed E-state index contributed by atoms with van der Waals surface area (Å²) in [6.45, 7) is 7.19. The van der Waals surface area contributed by atoms with Crippen LogP contribution in [-0.4, -0.2) is 13.4 Å². The van der Waals surface area contributed by atoms with E-state index in [2.05, 4.69) is 9.71 Å². The first-order valence-electron chi connectivity index (χ1n) is 6.52. The number of nitrogens with two attached hydrogens (primary N) is 1. The number of thiazole rings is 1. The highest BCUT2D eigenvalue weighted by molar-refractivity contribution is 7.89. The van der Waals surface area contributed by atoms with Crippen molar-refractivity contribution in [2.24, 2.45) is 0 Å². The molecule has 0 saturated heterocycles. The highest BCUT2D eigenvalue weighted by Gasteiger charge is 2.24. The van der Waals surface area contributed by atoms with Crippen LogP contribution in [0.2, 0.25) is 0 Å². The van der Waals surface area contributed by atoms with Crippen molar-refractivity contribution in [2.75, 3.05) is 5.73 Å². The van der Waals surface area contributed by atoms with E-state index in [0.717, 1.165) is 16.3 Å². The van der Waals surface area contributed by atoms with E-state index < -0.39 is 16.1 Å². The van der Waals surface area contributed by atoms with E-state index in [1.165, 1.54) is 11.3 Å². The van der Waals surface area contributed by atoms with Crippen LogP contribution in [0.5, 0.6) is 0 Å². The minimum Gasteiger partial charge on any atom is -0.397 e. The monoisotopic (exact) mass is 325 g/mol. The second-order valence-electron chi connectivity index (χ2n) is 5.11. The summed E-state index contributed by atoms with van der Waals surface area (Å²) < 4.78 is 27.9. The molecule has 3 N–H and O–H groups in total. The molecule has 1 atom stereocenters. The summed E-state index contributed by atoms with van der Waals surface area (Å²) in [5, 5.41) is 2.63. The van der Waals surface area contributed by atoms with Crippen LogP contribution in [0.3, 0.4) is 0 Å². The van der Waals surface area contributed by atoms with E-state index in [4.69, 9.17) is 5.73 Å². The van der Waals surface area contributed by atoms with Gasteiger partial charge in [-0.05, 0) is 38.8 Å². The number of sulfonamides is 1. The van der Waals surface area contributed by atoms with Crippen LogP contribution in [0.4, 0.5) is 5.69 Å². The van der Waals surface area contributed by atoms with Gasteiger partial charge in [0.2, 0.25) is 10.0 Å². The van der Waals surface area contributed by atoms with Gasteiger partial charge in [0.1, 0.15) is 9.90 Å². The SMILES string of the molecule is Cc1csc(C(C)NS(=O)(=O)c2c(C)ccc(C)c2N)n1. The maximum absolute atomic E-state index is 12.6. The fourth-order valence-electron chi connectivity index (χ4n) is 2.08. The van der Waals surface area contributed by atoms with Crippen LogP contribution in [0.1, 0.15) is 34.8 Å². The van der Waals surface area contributed by atoms with Crippen LogP contribution in [0, 0.1) is 20.8 Å². The average molecular weight is 325 g/mol. The second-order valence-corrected chi connectivity index (χ2v) is 7.65. The molecule has 0 saturated carbocycles. The lowest BCUT2D eigenvalue weighted by Gasteiger charge is -2.16. The van der Waals surface area contributed by atoms with Crippen LogP contribution < -0.4 is 10.5 Å². The maximum atomic E-state index is 12.6. The molecule has 0 bridgehead atoms. The standard InChI is InChI=1S/C14H19N3O2S2/c1-8-5-6-9(2)13(12(8)15)21(18,19)17-11(4)14-16-10(3)7-20-14/h5-7,11,17H,15H2,1-4H3. The zero-order valence-corrected chi connectivity index (χ0v) is 14.1. The van der Waals surface area contributed by atoms with Gasteiger partial charge in [0.25, 0.3) is 0 Å². The quantitative estimate of drug-likeness (QED) is 0.846. The Morgan fingerprint density at radius 2 is 1.86 bits per heavy atom. The smallest absolute Gasteiger partial charge is 0.243 e. The molecule has 1 unspecified atom stereocenters. The zero-order valence-electron chi connectivity index (χ0n) is 12.5. The lowest BCUT2D eigenvalue weighted by molar-refractivity contribution is 0.566. The number of nitrogen functional groups attached to an aromatic ring is 1. The molecule has 0 aliphatic rings. The van der Waals surface area contributed by atoms with Crippen molar-refractivity contribution in [3.63, 3.8) is 0 Å². The Bertz CT molecular complexity index is 767. The molecule has 0 fully saturated rings. The van der Waals surface area contributed by atoms with Gasteiger partial charge in [-0.2, -0.15) is 0 Å². The van der Waals surface area contributed by atoms with Crippen molar-refractivity contribution in [1.82, 2.24) is 9.71 Å². The summed E-state index contributed by atoms with van der Waals surface area (Å²) >= 11 is 1.44. The van der Waals surface area contributed by atoms with Crippen LogP contribution in [0.25, 0.3) is 0 Å². The summed E-state index contributed by atoms with van der Waals surface area (Å²) in [6, 6.07) is 3.18. The fourth-order valence-corrected chi connectivity index (χ4v) is 4.59. The third-order valence-electron chi connectivity index (χ3n) is 3.22. The number of benzene rings is 1. The molecule has 1 aromatic heterocycles. The predicted molar refractivity (Wildman–Crippen MR) is 85.9 cm³/mol. The molecule has 0 aliphatic carbocycles. The van der Waals surface area contributed by atoms with E-state index in [1.807, 2.05) is 18.4 Å². The number of rotatable bonds is 4. The largest absolute Gasteiger partial charge is 0.397 e. The molecule has 0 radical (unpaired) electrons. The Balaban J connectivity index is 2.37. The molecular formula is C14H19N3O2S2. The Morgan fingerprint density at radius 3 is 2.43 bits per heavy atom. The van der Waals surface area contributed by atoms with E-state index >= 15 is 0 Å². The molecule has 5 nitrogen and oxygen atoms in total. The topological polar surface area (TPSA) is 85.1 Å². The number of anilines is 1. The van der Waals surface area contributed by atoms with Crippen molar-refractivity contribution in [3.8, 4) is 0 Å². The zero-order chi connectivity index (χ0) is 15.8. The van der Waals surface area contributed by atoms with E-state index in [-0.39, 0.29) is 4.90 Å². The number of nitrogens with zero attached hydrogens (tertiary/aromatic N) is 1. The average Bonchev–Trinajstić information content (AvgIpc) is 2.80. The Hall–Kier alpha value is -1.44. The Kier molecular flexibility index (Phi) is 4.36. The van der Waals surface area contributed by atoms with Crippen molar-refractivity contribution >= 4 is 27.0 Å². The van der Waals surface area contributed by atoms with Crippen molar-refractivity contribution in [2.45, 2.75) is 38.6 Å². The first-order chi connectivity index (χ1) is 9.72. The van der Waals surface area contributed by atoms with Gasteiger partial charge in [0.15, 0.2) is 0 Å². The molecule has 0 amide bonds. The fraction of sp³-hybridized carbons (Fsp3) is 0.357. The molecule has 114 valence electrons. The molecule has 7 heteroatoms. The summed E-state index contributed by atoms with van der Waals surface area (Å²) in [4.78, 5) is 4.47. The predicted octanol–water partition coefficient (Wildman–Crippen LogP) is 2.69. The van der Waals surface area contributed by atoms with Crippen molar-refractivity contribution in [1.29, 1.82) is 0 Å². The lowest BCUT2D eigenvalue weighted by atomic mass is 10.1. The summed E-state index contributed by atoms with van der Waals surface area (Å²) in [7, 11) is -3.69. The van der Waals surface area contributed by atoms with Crippen LogP contribution >= 0.6 is 11.3 Å². The Morgan fingerprint density at radius 1 is 1.24 bits per heavy atom. The van der Waals surface area contributed by atoms with Crippen LogP contribution in [0.15, 0.2) is 22.4 Å². The van der Waals surface area contributed by atoms with Gasteiger partial charge in [0.05, 0.1) is 11.7 Å². The van der Waals surface area contributed by atoms with Gasteiger partial charge >= 0.3 is 0 Å². The second kappa shape index (κ2) is 5.75. The van der Waals surface area contributed by atoms with Crippen LogP contribution in [-0.2, 0) is 10.0 Å². The summed E-state index contributed by atoms with van der Waals surface area (Å²) in [5.74, 6) is 0. The molecule has 2 aromatic rings. The third-order valence-corrected chi connectivity index (χ3v) is 6.11. The molecule has 2 rings (SSSR count). The number of aromatic nitrogens is 1.